The van der Waals surface area contributed by atoms with Crippen LogP contribution in [0, 0.1) is 0 Å². The van der Waals surface area contributed by atoms with Gasteiger partial charge in [-0.05, 0) is 29.3 Å². The van der Waals surface area contributed by atoms with Gasteiger partial charge in [0.25, 0.3) is 8.32 Å². The van der Waals surface area contributed by atoms with Crippen molar-refractivity contribution >= 4 is 24.4 Å². The normalized spacial score (nSPS) is 26.9. The van der Waals surface area contributed by atoms with Crippen LogP contribution in [0.25, 0.3) is 0 Å². The number of ether oxygens (including phenoxy) is 3. The molecule has 0 radical (unpaired) electrons. The molecule has 31 heavy (non-hydrogen) atoms. The molecule has 0 amide bonds. The highest BCUT2D eigenvalue weighted by Gasteiger charge is 2.55. The molecule has 0 spiro atoms. The van der Waals surface area contributed by atoms with Crippen LogP contribution in [0.4, 0.5) is 0 Å². The van der Waals surface area contributed by atoms with Gasteiger partial charge in [0.1, 0.15) is 11.8 Å². The van der Waals surface area contributed by atoms with E-state index in [-0.39, 0.29) is 11.6 Å². The predicted molar refractivity (Wildman–Crippen MR) is 121 cm³/mol. The molecule has 2 aliphatic rings. The first kappa shape index (κ1) is 22.2. The summed E-state index contributed by atoms with van der Waals surface area (Å²) in [5, 5.41) is 15.4. The molecule has 6 nitrogen and oxygen atoms in total. The van der Waals surface area contributed by atoms with Gasteiger partial charge in [0.05, 0.1) is 6.61 Å². The minimum atomic E-state index is -2.72. The second-order valence-electron chi connectivity index (χ2n) is 9.55. The molecule has 0 aromatic heterocycles. The van der Waals surface area contributed by atoms with Crippen molar-refractivity contribution in [1.29, 1.82) is 0 Å². The lowest BCUT2D eigenvalue weighted by molar-refractivity contribution is -0.199. The fraction of sp³-hybridized carbons (Fsp3) is 0.458. The van der Waals surface area contributed by atoms with Crippen molar-refractivity contribution in [3.05, 3.63) is 60.7 Å². The summed E-state index contributed by atoms with van der Waals surface area (Å²) in [6.45, 7) is 10.5. The molecule has 2 fully saturated rings. The Bertz CT molecular complexity index is 886. The molecule has 2 saturated heterocycles. The summed E-state index contributed by atoms with van der Waals surface area (Å²) in [5.41, 5.74) is 0.411. The quantitative estimate of drug-likeness (QED) is 0.438. The van der Waals surface area contributed by atoms with Gasteiger partial charge in [0.2, 0.25) is 0 Å². The van der Waals surface area contributed by atoms with E-state index >= 15 is 0 Å². The summed E-state index contributed by atoms with van der Waals surface area (Å²) in [6, 6.07) is 20.8. The summed E-state index contributed by atoms with van der Waals surface area (Å²) in [6.07, 6.45) is -1.68. The van der Waals surface area contributed by atoms with Gasteiger partial charge >= 0.3 is 0 Å². The van der Waals surface area contributed by atoms with Crippen LogP contribution in [-0.4, -0.2) is 50.1 Å². The van der Waals surface area contributed by atoms with Crippen molar-refractivity contribution in [3.8, 4) is 0 Å². The number of fused-ring (bicyclic) bond motifs is 1. The lowest BCUT2D eigenvalue weighted by atomic mass is 10.2. The third-order valence-electron chi connectivity index (χ3n) is 5.96. The van der Waals surface area contributed by atoms with E-state index in [2.05, 4.69) is 74.5 Å². The molecule has 3 atom stereocenters. The van der Waals surface area contributed by atoms with Gasteiger partial charge < -0.3 is 23.8 Å². The first-order valence-corrected chi connectivity index (χ1v) is 12.6. The highest BCUT2D eigenvalue weighted by molar-refractivity contribution is 6.99. The van der Waals surface area contributed by atoms with E-state index in [0.717, 1.165) is 0 Å². The molecule has 2 aromatic rings. The second-order valence-corrected chi connectivity index (χ2v) is 13.9. The Hall–Kier alpha value is -2.03. The van der Waals surface area contributed by atoms with Crippen molar-refractivity contribution in [2.24, 2.45) is 5.16 Å². The van der Waals surface area contributed by atoms with Crippen LogP contribution in [-0.2, 0) is 18.6 Å². The van der Waals surface area contributed by atoms with E-state index in [1.165, 1.54) is 10.4 Å². The molecule has 0 aliphatic carbocycles. The molecule has 1 N–H and O–H groups in total. The molecule has 0 bridgehead atoms. The van der Waals surface area contributed by atoms with Gasteiger partial charge in [-0.1, -0.05) is 86.6 Å². The topological polar surface area (TPSA) is 69.5 Å². The maximum absolute atomic E-state index is 9.71. The SMILES string of the molecule is CC1(C)O[C@H]2O[C@H](CO[Si](c3ccccc3)(c3ccccc3)C(C)(C)C)/C(=N/O)[C@H]2O1. The lowest BCUT2D eigenvalue weighted by Gasteiger charge is -2.43. The van der Waals surface area contributed by atoms with Crippen molar-refractivity contribution in [2.45, 2.75) is 63.9 Å². The predicted octanol–water partition coefficient (Wildman–Crippen LogP) is 3.27. The van der Waals surface area contributed by atoms with E-state index in [0.29, 0.717) is 5.71 Å². The van der Waals surface area contributed by atoms with Crippen molar-refractivity contribution in [3.63, 3.8) is 0 Å². The van der Waals surface area contributed by atoms with E-state index < -0.39 is 32.6 Å². The Morgan fingerprint density at radius 2 is 1.52 bits per heavy atom. The van der Waals surface area contributed by atoms with Crippen LogP contribution in [0.15, 0.2) is 65.8 Å². The average molecular weight is 442 g/mol. The Morgan fingerprint density at radius 1 is 0.968 bits per heavy atom. The van der Waals surface area contributed by atoms with Crippen LogP contribution in [0.5, 0.6) is 0 Å². The number of benzene rings is 2. The fourth-order valence-corrected chi connectivity index (χ4v) is 9.21. The van der Waals surface area contributed by atoms with Crippen molar-refractivity contribution in [2.75, 3.05) is 6.61 Å². The zero-order valence-electron chi connectivity index (χ0n) is 18.7. The Balaban J connectivity index is 1.68. The number of nitrogens with zero attached hydrogens (tertiary/aromatic N) is 1. The molecule has 0 unspecified atom stereocenters. The van der Waals surface area contributed by atoms with Crippen LogP contribution >= 0.6 is 0 Å². The molecular weight excluding hydrogens is 410 g/mol. The maximum atomic E-state index is 9.71. The van der Waals surface area contributed by atoms with Crippen molar-refractivity contribution < 1.29 is 23.8 Å². The van der Waals surface area contributed by atoms with E-state index in [9.17, 15) is 5.21 Å². The summed E-state index contributed by atoms with van der Waals surface area (Å²) >= 11 is 0. The molecule has 166 valence electrons. The number of oxime groups is 1. The molecule has 7 heteroatoms. The smallest absolute Gasteiger partial charge is 0.261 e. The molecule has 2 aliphatic heterocycles. The Labute approximate surface area is 184 Å². The summed E-state index contributed by atoms with van der Waals surface area (Å²) in [7, 11) is -2.72. The number of hydrogen-bond acceptors (Lipinski definition) is 6. The fourth-order valence-electron chi connectivity index (χ4n) is 4.65. The zero-order chi connectivity index (χ0) is 22.3. The van der Waals surface area contributed by atoms with E-state index in [1.807, 2.05) is 26.0 Å². The van der Waals surface area contributed by atoms with Crippen LogP contribution in [0.3, 0.4) is 0 Å². The molecular formula is C24H31NO5Si. The maximum Gasteiger partial charge on any atom is 0.261 e. The number of rotatable bonds is 5. The molecule has 4 rings (SSSR count). The monoisotopic (exact) mass is 441 g/mol. The first-order valence-electron chi connectivity index (χ1n) is 10.7. The Kier molecular flexibility index (Phi) is 5.83. The van der Waals surface area contributed by atoms with Gasteiger partial charge in [-0.2, -0.15) is 0 Å². The van der Waals surface area contributed by atoms with E-state index in [1.54, 1.807) is 0 Å². The first-order chi connectivity index (χ1) is 14.7. The molecule has 2 aromatic carbocycles. The van der Waals surface area contributed by atoms with Crippen LogP contribution < -0.4 is 10.4 Å². The number of hydrogen-bond donors (Lipinski definition) is 1. The third-order valence-corrected chi connectivity index (χ3v) is 11.0. The second kappa shape index (κ2) is 8.15. The third kappa shape index (κ3) is 3.96. The standard InChI is InChI=1S/C24H31NO5Si/c1-23(2,3)31(17-12-8-6-9-13-17,18-14-10-7-11-15-18)27-16-19-20(25-26)21-22(28-19)30-24(4,5)29-21/h6-15,19,21-22,26H,16H2,1-5H3/b25-20-/t19-,21-,22-/m1/s1. The zero-order valence-corrected chi connectivity index (χ0v) is 19.7. The lowest BCUT2D eigenvalue weighted by Crippen LogP contribution is -2.67. The largest absolute Gasteiger partial charge is 0.411 e. The van der Waals surface area contributed by atoms with Gasteiger partial charge in [-0.15, -0.1) is 0 Å². The molecule has 2 heterocycles. The Morgan fingerprint density at radius 3 is 2.00 bits per heavy atom. The van der Waals surface area contributed by atoms with Crippen LogP contribution in [0.2, 0.25) is 5.04 Å². The van der Waals surface area contributed by atoms with Gasteiger partial charge in [0, 0.05) is 0 Å². The van der Waals surface area contributed by atoms with E-state index in [4.69, 9.17) is 18.6 Å². The minimum Gasteiger partial charge on any atom is -0.411 e. The average Bonchev–Trinajstić information content (AvgIpc) is 3.19. The summed E-state index contributed by atoms with van der Waals surface area (Å²) in [4.78, 5) is 0. The molecule has 0 saturated carbocycles. The van der Waals surface area contributed by atoms with Gasteiger partial charge in [-0.25, -0.2) is 0 Å². The van der Waals surface area contributed by atoms with Gasteiger partial charge in [0.15, 0.2) is 18.2 Å². The summed E-state index contributed by atoms with van der Waals surface area (Å²) < 4.78 is 24.7. The minimum absolute atomic E-state index is 0.157. The highest BCUT2D eigenvalue weighted by atomic mass is 28.4. The van der Waals surface area contributed by atoms with Crippen molar-refractivity contribution in [1.82, 2.24) is 0 Å². The van der Waals surface area contributed by atoms with Crippen LogP contribution in [0.1, 0.15) is 34.6 Å². The summed E-state index contributed by atoms with van der Waals surface area (Å²) in [5.74, 6) is -0.783. The van der Waals surface area contributed by atoms with Gasteiger partial charge in [-0.3, -0.25) is 0 Å². The highest BCUT2D eigenvalue weighted by Crippen LogP contribution is 2.39.